The molecule has 0 spiro atoms. The first-order valence-corrected chi connectivity index (χ1v) is 11.6. The van der Waals surface area contributed by atoms with Crippen molar-refractivity contribution in [3.63, 3.8) is 0 Å². The van der Waals surface area contributed by atoms with Crippen molar-refractivity contribution in [2.45, 2.75) is 25.5 Å². The normalized spacial score (nSPS) is 13.9. The second-order valence-electron chi connectivity index (χ2n) is 7.48. The lowest BCUT2D eigenvalue weighted by Gasteiger charge is -2.18. The molecule has 0 heterocycles. The van der Waals surface area contributed by atoms with E-state index in [9.17, 15) is 19.9 Å². The molecule has 0 aliphatic heterocycles. The molecule has 0 fully saturated rings. The summed E-state index contributed by atoms with van der Waals surface area (Å²) in [5.41, 5.74) is 1.62. The Hall–Kier alpha value is -2.83. The lowest BCUT2D eigenvalue weighted by molar-refractivity contribution is 0.130. The highest BCUT2D eigenvalue weighted by atomic mass is 31.1. The number of benzene rings is 3. The maximum atomic E-state index is 12.1. The molecule has 0 amide bonds. The van der Waals surface area contributed by atoms with Gasteiger partial charge in [-0.1, -0.05) is 36.4 Å². The molecule has 0 saturated heterocycles. The van der Waals surface area contributed by atoms with Gasteiger partial charge in [-0.2, -0.15) is 0 Å². The second kappa shape index (κ2) is 11.7. The molecule has 3 unspecified atom stereocenters. The largest absolute Gasteiger partial charge is 0.504 e. The first-order chi connectivity index (χ1) is 15.4. The molecule has 0 bridgehead atoms. The summed E-state index contributed by atoms with van der Waals surface area (Å²) in [6, 6.07) is 21.0. The standard InChI is InChI=1S/C24H28NO6P/c1-17(25-15-24(28)19-9-12-22(26)23(27)14-19)13-18-7-10-20(11-8-18)30-16-31-32(29)21-5-3-2-4-6-21/h2-12,14,17,24-28,32H,13,15-16H2,1H3. The summed E-state index contributed by atoms with van der Waals surface area (Å²) in [5.74, 6) is 0.154. The van der Waals surface area contributed by atoms with Crippen LogP contribution in [0, 0.1) is 0 Å². The number of aromatic hydroxyl groups is 2. The first-order valence-electron chi connectivity index (χ1n) is 10.3. The minimum Gasteiger partial charge on any atom is -0.504 e. The van der Waals surface area contributed by atoms with Crippen molar-refractivity contribution in [3.8, 4) is 17.2 Å². The summed E-state index contributed by atoms with van der Waals surface area (Å²) >= 11 is 0. The van der Waals surface area contributed by atoms with E-state index >= 15 is 0 Å². The van der Waals surface area contributed by atoms with Gasteiger partial charge < -0.3 is 25.4 Å². The van der Waals surface area contributed by atoms with Crippen LogP contribution in [0.25, 0.3) is 0 Å². The third kappa shape index (κ3) is 7.11. The van der Waals surface area contributed by atoms with E-state index in [0.717, 1.165) is 12.0 Å². The number of aliphatic hydroxyl groups is 1. The maximum absolute atomic E-state index is 12.1. The van der Waals surface area contributed by atoms with Crippen LogP contribution in [-0.4, -0.2) is 34.7 Å². The maximum Gasteiger partial charge on any atom is 0.223 e. The molecule has 32 heavy (non-hydrogen) atoms. The van der Waals surface area contributed by atoms with Crippen LogP contribution >= 0.6 is 8.03 Å². The van der Waals surface area contributed by atoms with Crippen molar-refractivity contribution in [1.82, 2.24) is 5.32 Å². The Morgan fingerprint density at radius 1 is 0.969 bits per heavy atom. The molecule has 3 aromatic carbocycles. The molecule has 0 aromatic heterocycles. The van der Waals surface area contributed by atoms with E-state index in [2.05, 4.69) is 5.32 Å². The highest BCUT2D eigenvalue weighted by Gasteiger charge is 2.12. The molecule has 0 saturated carbocycles. The molecular formula is C24H28NO6P. The smallest absolute Gasteiger partial charge is 0.223 e. The quantitative estimate of drug-likeness (QED) is 0.198. The van der Waals surface area contributed by atoms with Gasteiger partial charge in [-0.3, -0.25) is 9.09 Å². The summed E-state index contributed by atoms with van der Waals surface area (Å²) in [4.78, 5) is 0. The number of hydrogen-bond donors (Lipinski definition) is 4. The summed E-state index contributed by atoms with van der Waals surface area (Å²) in [6.45, 7) is 2.24. The van der Waals surface area contributed by atoms with Crippen molar-refractivity contribution in [3.05, 3.63) is 83.9 Å². The number of nitrogens with one attached hydrogen (secondary N) is 1. The van der Waals surface area contributed by atoms with Crippen molar-refractivity contribution in [1.29, 1.82) is 0 Å². The van der Waals surface area contributed by atoms with Gasteiger partial charge in [0.1, 0.15) is 5.75 Å². The van der Waals surface area contributed by atoms with Gasteiger partial charge in [0.15, 0.2) is 18.3 Å². The lowest BCUT2D eigenvalue weighted by Crippen LogP contribution is -2.32. The Morgan fingerprint density at radius 2 is 1.69 bits per heavy atom. The van der Waals surface area contributed by atoms with Gasteiger partial charge in [0.05, 0.1) is 6.10 Å². The van der Waals surface area contributed by atoms with Gasteiger partial charge in [-0.25, -0.2) is 0 Å². The van der Waals surface area contributed by atoms with Crippen molar-refractivity contribution >= 4 is 13.3 Å². The van der Waals surface area contributed by atoms with Crippen molar-refractivity contribution in [2.75, 3.05) is 13.3 Å². The molecule has 0 aliphatic rings. The predicted octanol–water partition coefficient (Wildman–Crippen LogP) is 3.51. The average Bonchev–Trinajstić information content (AvgIpc) is 2.81. The SMILES string of the molecule is CC(Cc1ccc(OCO[PH](=O)c2ccccc2)cc1)NCC(O)c1ccc(O)c(O)c1. The van der Waals surface area contributed by atoms with Gasteiger partial charge in [0.25, 0.3) is 0 Å². The van der Waals surface area contributed by atoms with Crippen LogP contribution in [-0.2, 0) is 15.5 Å². The number of phenolic OH excluding ortho intramolecular Hbond substituents is 2. The van der Waals surface area contributed by atoms with E-state index in [1.165, 1.54) is 12.1 Å². The molecule has 3 atom stereocenters. The van der Waals surface area contributed by atoms with Crippen LogP contribution in [0.1, 0.15) is 24.2 Å². The Kier molecular flexibility index (Phi) is 8.71. The van der Waals surface area contributed by atoms with Crippen LogP contribution < -0.4 is 15.4 Å². The Morgan fingerprint density at radius 3 is 2.38 bits per heavy atom. The highest BCUT2D eigenvalue weighted by Crippen LogP contribution is 2.27. The second-order valence-corrected chi connectivity index (χ2v) is 8.92. The van der Waals surface area contributed by atoms with Gasteiger partial charge in [-0.15, -0.1) is 0 Å². The third-order valence-electron chi connectivity index (χ3n) is 4.93. The highest BCUT2D eigenvalue weighted by molar-refractivity contribution is 7.48. The minimum absolute atomic E-state index is 0.0886. The van der Waals surface area contributed by atoms with Crippen LogP contribution in [0.3, 0.4) is 0 Å². The first kappa shape index (κ1) is 23.8. The van der Waals surface area contributed by atoms with E-state index in [1.807, 2.05) is 49.4 Å². The van der Waals surface area contributed by atoms with E-state index < -0.39 is 14.1 Å². The van der Waals surface area contributed by atoms with Crippen LogP contribution in [0.4, 0.5) is 0 Å². The van der Waals surface area contributed by atoms with E-state index in [0.29, 0.717) is 23.2 Å². The molecule has 7 nitrogen and oxygen atoms in total. The Balaban J connectivity index is 1.40. The number of rotatable bonds is 11. The molecule has 0 aliphatic carbocycles. The summed E-state index contributed by atoms with van der Waals surface area (Å²) in [7, 11) is -2.33. The van der Waals surface area contributed by atoms with Gasteiger partial charge >= 0.3 is 0 Å². The predicted molar refractivity (Wildman–Crippen MR) is 124 cm³/mol. The Bertz CT molecular complexity index is 1010. The van der Waals surface area contributed by atoms with Crippen LogP contribution in [0.5, 0.6) is 17.2 Å². The zero-order chi connectivity index (χ0) is 22.9. The van der Waals surface area contributed by atoms with E-state index in [4.69, 9.17) is 9.26 Å². The summed E-state index contributed by atoms with van der Waals surface area (Å²) in [6.07, 6.45) is -0.0606. The fourth-order valence-corrected chi connectivity index (χ4v) is 3.93. The minimum atomic E-state index is -2.33. The summed E-state index contributed by atoms with van der Waals surface area (Å²) in [5, 5.41) is 33.1. The van der Waals surface area contributed by atoms with Gasteiger partial charge in [0, 0.05) is 17.9 Å². The molecule has 3 aromatic rings. The van der Waals surface area contributed by atoms with Crippen LogP contribution in [0.2, 0.25) is 0 Å². The molecule has 4 N–H and O–H groups in total. The van der Waals surface area contributed by atoms with Crippen molar-refractivity contribution in [2.24, 2.45) is 0 Å². The number of ether oxygens (including phenoxy) is 1. The zero-order valence-electron chi connectivity index (χ0n) is 17.8. The fourth-order valence-electron chi connectivity index (χ4n) is 3.13. The number of phenols is 2. The van der Waals surface area contributed by atoms with Crippen LogP contribution in [0.15, 0.2) is 72.8 Å². The number of hydrogen-bond acceptors (Lipinski definition) is 7. The summed E-state index contributed by atoms with van der Waals surface area (Å²) < 4.78 is 22.9. The number of aliphatic hydroxyl groups excluding tert-OH is 1. The van der Waals surface area contributed by atoms with Gasteiger partial charge in [0.2, 0.25) is 8.03 Å². The Labute approximate surface area is 188 Å². The van der Waals surface area contributed by atoms with Crippen molar-refractivity contribution < 1.29 is 29.1 Å². The third-order valence-corrected chi connectivity index (χ3v) is 6.12. The lowest BCUT2D eigenvalue weighted by atomic mass is 10.1. The van der Waals surface area contributed by atoms with E-state index in [1.54, 1.807) is 18.2 Å². The molecule has 3 rings (SSSR count). The van der Waals surface area contributed by atoms with E-state index in [-0.39, 0.29) is 24.3 Å². The zero-order valence-corrected chi connectivity index (χ0v) is 18.8. The fraction of sp³-hybridized carbons (Fsp3) is 0.250. The molecule has 8 heteroatoms. The monoisotopic (exact) mass is 457 g/mol. The topological polar surface area (TPSA) is 108 Å². The average molecular weight is 457 g/mol. The van der Waals surface area contributed by atoms with Gasteiger partial charge in [-0.05, 0) is 60.9 Å². The molecule has 170 valence electrons. The molecule has 0 radical (unpaired) electrons. The molecular weight excluding hydrogens is 429 g/mol.